The summed E-state index contributed by atoms with van der Waals surface area (Å²) in [6.45, 7) is 13.9. The molecule has 0 radical (unpaired) electrons. The Kier molecular flexibility index (Phi) is 10.2. The molecule has 0 atom stereocenters. The van der Waals surface area contributed by atoms with Gasteiger partial charge in [0.2, 0.25) is 0 Å². The van der Waals surface area contributed by atoms with Gasteiger partial charge in [-0.3, -0.25) is 9.89 Å². The smallest absolute Gasteiger partial charge is 0.191 e. The summed E-state index contributed by atoms with van der Waals surface area (Å²) in [4.78, 5) is 7.26. The highest BCUT2D eigenvalue weighted by atomic mass is 16.5. The predicted octanol–water partition coefficient (Wildman–Crippen LogP) is 2.27. The van der Waals surface area contributed by atoms with Crippen molar-refractivity contribution in [2.24, 2.45) is 4.99 Å². The van der Waals surface area contributed by atoms with Gasteiger partial charge in [-0.05, 0) is 44.9 Å². The average molecular weight is 407 g/mol. The van der Waals surface area contributed by atoms with E-state index in [2.05, 4.69) is 36.3 Å². The molecule has 0 saturated carbocycles. The van der Waals surface area contributed by atoms with Crippen LogP contribution in [-0.4, -0.2) is 76.1 Å². The first-order chi connectivity index (χ1) is 14.0. The summed E-state index contributed by atoms with van der Waals surface area (Å²) in [5.74, 6) is 1.73. The van der Waals surface area contributed by atoms with Crippen molar-refractivity contribution >= 4 is 5.96 Å². The van der Waals surface area contributed by atoms with Gasteiger partial charge >= 0.3 is 0 Å². The van der Waals surface area contributed by atoms with Gasteiger partial charge in [-0.15, -0.1) is 0 Å². The number of hydrogen-bond donors (Lipinski definition) is 2. The number of morpholine rings is 1. The molecule has 1 aliphatic rings. The first-order valence-corrected chi connectivity index (χ1v) is 10.6. The lowest BCUT2D eigenvalue weighted by Crippen LogP contribution is -2.52. The van der Waals surface area contributed by atoms with Gasteiger partial charge in [0.1, 0.15) is 5.75 Å². The van der Waals surface area contributed by atoms with E-state index < -0.39 is 0 Å². The lowest BCUT2D eigenvalue weighted by atomic mass is 10.0. The highest BCUT2D eigenvalue weighted by Crippen LogP contribution is 2.16. The van der Waals surface area contributed by atoms with Crippen molar-refractivity contribution in [2.45, 2.75) is 39.3 Å². The van der Waals surface area contributed by atoms with Gasteiger partial charge in [-0.1, -0.05) is 12.1 Å². The number of benzene rings is 1. The van der Waals surface area contributed by atoms with Gasteiger partial charge in [-0.2, -0.15) is 0 Å². The zero-order valence-corrected chi connectivity index (χ0v) is 18.5. The second-order valence-electron chi connectivity index (χ2n) is 7.79. The molecule has 0 bridgehead atoms. The molecule has 29 heavy (non-hydrogen) atoms. The highest BCUT2D eigenvalue weighted by molar-refractivity contribution is 5.79. The number of hydrogen-bond acceptors (Lipinski definition) is 5. The summed E-state index contributed by atoms with van der Waals surface area (Å²) in [6, 6.07) is 7.97. The van der Waals surface area contributed by atoms with Crippen molar-refractivity contribution in [1.82, 2.24) is 15.5 Å². The third-order valence-corrected chi connectivity index (χ3v) is 5.02. The molecular formula is C22H38N4O3. The topological polar surface area (TPSA) is 67.4 Å². The van der Waals surface area contributed by atoms with Gasteiger partial charge in [-0.25, -0.2) is 0 Å². The van der Waals surface area contributed by atoms with E-state index in [-0.39, 0.29) is 5.54 Å². The zero-order valence-electron chi connectivity index (χ0n) is 18.5. The van der Waals surface area contributed by atoms with E-state index in [0.717, 1.165) is 69.6 Å². The Morgan fingerprint density at radius 1 is 1.17 bits per heavy atom. The molecule has 1 aliphatic heterocycles. The number of ether oxygens (including phenoxy) is 3. The fourth-order valence-electron chi connectivity index (χ4n) is 3.18. The minimum Gasteiger partial charge on any atom is -0.497 e. The summed E-state index contributed by atoms with van der Waals surface area (Å²) in [5, 5.41) is 6.74. The van der Waals surface area contributed by atoms with Crippen LogP contribution in [0.1, 0.15) is 32.8 Å². The Labute approximate surface area is 175 Å². The molecule has 0 aliphatic carbocycles. The molecule has 0 amide bonds. The maximum Gasteiger partial charge on any atom is 0.191 e. The average Bonchev–Trinajstić information content (AvgIpc) is 2.75. The van der Waals surface area contributed by atoms with Crippen LogP contribution in [0.15, 0.2) is 29.3 Å². The molecule has 2 N–H and O–H groups in total. The fraction of sp³-hybridized carbons (Fsp3) is 0.682. The van der Waals surface area contributed by atoms with Crippen LogP contribution in [0.2, 0.25) is 0 Å². The van der Waals surface area contributed by atoms with E-state index in [1.54, 1.807) is 7.11 Å². The van der Waals surface area contributed by atoms with Gasteiger partial charge < -0.3 is 24.8 Å². The van der Waals surface area contributed by atoms with Crippen LogP contribution in [-0.2, 0) is 16.1 Å². The molecule has 0 spiro atoms. The summed E-state index contributed by atoms with van der Waals surface area (Å²) in [6.07, 6.45) is 0.924. The molecule has 2 rings (SSSR count). The third-order valence-electron chi connectivity index (χ3n) is 5.02. The number of nitrogens with zero attached hydrogens (tertiary/aromatic N) is 2. The molecule has 1 aromatic carbocycles. The molecule has 7 nitrogen and oxygen atoms in total. The summed E-state index contributed by atoms with van der Waals surface area (Å²) < 4.78 is 16.4. The van der Waals surface area contributed by atoms with Gasteiger partial charge in [0.25, 0.3) is 0 Å². The Balaban J connectivity index is 1.67. The maximum atomic E-state index is 5.77. The molecule has 7 heteroatoms. The van der Waals surface area contributed by atoms with Crippen LogP contribution < -0.4 is 15.4 Å². The van der Waals surface area contributed by atoms with Crippen molar-refractivity contribution in [1.29, 1.82) is 0 Å². The van der Waals surface area contributed by atoms with E-state index >= 15 is 0 Å². The van der Waals surface area contributed by atoms with Crippen LogP contribution in [0, 0.1) is 0 Å². The summed E-state index contributed by atoms with van der Waals surface area (Å²) in [7, 11) is 1.67. The highest BCUT2D eigenvalue weighted by Gasteiger charge is 2.28. The van der Waals surface area contributed by atoms with E-state index in [9.17, 15) is 0 Å². The monoisotopic (exact) mass is 406 g/mol. The van der Waals surface area contributed by atoms with E-state index in [1.807, 2.05) is 24.3 Å². The normalized spacial score (nSPS) is 15.9. The number of rotatable bonds is 11. The molecule has 164 valence electrons. The first-order valence-electron chi connectivity index (χ1n) is 10.6. The van der Waals surface area contributed by atoms with Crippen molar-refractivity contribution in [3.05, 3.63) is 29.8 Å². The van der Waals surface area contributed by atoms with Crippen LogP contribution >= 0.6 is 0 Å². The Bertz CT molecular complexity index is 599. The molecule has 1 fully saturated rings. The van der Waals surface area contributed by atoms with Gasteiger partial charge in [0.05, 0.1) is 33.5 Å². The Morgan fingerprint density at radius 3 is 2.55 bits per heavy atom. The Hall–Kier alpha value is -1.83. The number of methoxy groups -OCH3 is 1. The first kappa shape index (κ1) is 23.4. The molecule has 1 heterocycles. The largest absolute Gasteiger partial charge is 0.497 e. The number of guanidine groups is 1. The van der Waals surface area contributed by atoms with Gasteiger partial charge in [0, 0.05) is 38.3 Å². The minimum atomic E-state index is 0.0214. The zero-order chi connectivity index (χ0) is 21.0. The van der Waals surface area contributed by atoms with Crippen LogP contribution in [0.5, 0.6) is 5.75 Å². The van der Waals surface area contributed by atoms with Crippen molar-refractivity contribution in [3.8, 4) is 5.75 Å². The van der Waals surface area contributed by atoms with Crippen LogP contribution in [0.25, 0.3) is 0 Å². The van der Waals surface area contributed by atoms with E-state index in [0.29, 0.717) is 13.2 Å². The van der Waals surface area contributed by atoms with Crippen molar-refractivity contribution in [2.75, 3.05) is 59.7 Å². The van der Waals surface area contributed by atoms with Crippen LogP contribution in [0.3, 0.4) is 0 Å². The summed E-state index contributed by atoms with van der Waals surface area (Å²) in [5.41, 5.74) is 1.17. The van der Waals surface area contributed by atoms with E-state index in [4.69, 9.17) is 19.2 Å². The van der Waals surface area contributed by atoms with Gasteiger partial charge in [0.15, 0.2) is 5.96 Å². The predicted molar refractivity (Wildman–Crippen MR) is 118 cm³/mol. The lowest BCUT2D eigenvalue weighted by molar-refractivity contribution is -0.00683. The SMILES string of the molecule is CCNC(=NCC(C)(C)N1CCOCC1)NCCCOCc1ccc(OC)cc1. The molecule has 1 saturated heterocycles. The molecule has 0 unspecified atom stereocenters. The summed E-state index contributed by atoms with van der Waals surface area (Å²) >= 11 is 0. The molecule has 1 aromatic rings. The van der Waals surface area contributed by atoms with E-state index in [1.165, 1.54) is 0 Å². The second-order valence-corrected chi connectivity index (χ2v) is 7.79. The standard InChI is InChI=1S/C22H38N4O3/c1-5-23-21(25-18-22(2,3)26-12-15-28-16-13-26)24-11-6-14-29-17-19-7-9-20(27-4)10-8-19/h7-10H,5-6,11-18H2,1-4H3,(H2,23,24,25). The number of nitrogens with one attached hydrogen (secondary N) is 2. The second kappa shape index (κ2) is 12.7. The maximum absolute atomic E-state index is 5.77. The minimum absolute atomic E-state index is 0.0214. The van der Waals surface area contributed by atoms with Crippen molar-refractivity contribution < 1.29 is 14.2 Å². The fourth-order valence-corrected chi connectivity index (χ4v) is 3.18. The third kappa shape index (κ3) is 8.60. The lowest BCUT2D eigenvalue weighted by Gasteiger charge is -2.39. The molecular weight excluding hydrogens is 368 g/mol. The van der Waals surface area contributed by atoms with Crippen molar-refractivity contribution in [3.63, 3.8) is 0 Å². The van der Waals surface area contributed by atoms with Crippen LogP contribution in [0.4, 0.5) is 0 Å². The quantitative estimate of drug-likeness (QED) is 0.334. The Morgan fingerprint density at radius 2 is 1.90 bits per heavy atom. The molecule has 0 aromatic heterocycles. The number of aliphatic imine (C=N–C) groups is 1.